The van der Waals surface area contributed by atoms with Gasteiger partial charge in [-0.1, -0.05) is 6.07 Å². The molecule has 1 saturated heterocycles. The minimum Gasteiger partial charge on any atom is -0.493 e. The molecule has 2 unspecified atom stereocenters. The van der Waals surface area contributed by atoms with Crippen molar-refractivity contribution in [3.8, 4) is 11.5 Å². The van der Waals surface area contributed by atoms with E-state index in [9.17, 15) is 9.90 Å². The molecule has 0 spiro atoms. The number of hydrogen-bond acceptors (Lipinski definition) is 4. The summed E-state index contributed by atoms with van der Waals surface area (Å²) in [6.45, 7) is 3.01. The largest absolute Gasteiger partial charge is 0.493 e. The number of benzene rings is 1. The van der Waals surface area contributed by atoms with Crippen LogP contribution in [0.25, 0.3) is 0 Å². The van der Waals surface area contributed by atoms with E-state index in [4.69, 9.17) is 9.47 Å². The monoisotopic (exact) mass is 279 g/mol. The maximum absolute atomic E-state index is 12.6. The van der Waals surface area contributed by atoms with Gasteiger partial charge in [0.05, 0.1) is 25.9 Å². The molecule has 0 saturated carbocycles. The normalized spacial score (nSPS) is 19.8. The fourth-order valence-corrected chi connectivity index (χ4v) is 2.59. The lowest BCUT2D eigenvalue weighted by Gasteiger charge is -2.20. The van der Waals surface area contributed by atoms with Crippen molar-refractivity contribution in [3.63, 3.8) is 0 Å². The van der Waals surface area contributed by atoms with Gasteiger partial charge in [-0.2, -0.15) is 0 Å². The third kappa shape index (κ3) is 2.72. The molecule has 1 heterocycles. The van der Waals surface area contributed by atoms with Crippen LogP contribution in [-0.2, 0) is 0 Å². The number of likely N-dealkylation sites (tertiary alicyclic amines) is 1. The van der Waals surface area contributed by atoms with Crippen molar-refractivity contribution in [1.82, 2.24) is 4.90 Å². The van der Waals surface area contributed by atoms with Gasteiger partial charge < -0.3 is 19.5 Å². The number of carbonyl (C=O) groups is 1. The van der Waals surface area contributed by atoms with E-state index >= 15 is 0 Å². The predicted octanol–water partition coefficient (Wildman–Crippen LogP) is 1.55. The van der Waals surface area contributed by atoms with Crippen LogP contribution in [0.2, 0.25) is 0 Å². The number of para-hydroxylation sites is 1. The van der Waals surface area contributed by atoms with E-state index in [2.05, 4.69) is 0 Å². The molecule has 0 radical (unpaired) electrons. The summed E-state index contributed by atoms with van der Waals surface area (Å²) in [6, 6.07) is 5.27. The van der Waals surface area contributed by atoms with Crippen LogP contribution in [0.1, 0.15) is 23.7 Å². The third-order valence-corrected chi connectivity index (χ3v) is 3.83. The highest BCUT2D eigenvalue weighted by Crippen LogP contribution is 2.32. The van der Waals surface area contributed by atoms with E-state index in [1.165, 1.54) is 7.11 Å². The zero-order valence-electron chi connectivity index (χ0n) is 12.1. The first-order valence-corrected chi connectivity index (χ1v) is 6.76. The summed E-state index contributed by atoms with van der Waals surface area (Å²) < 4.78 is 10.5. The molecule has 2 rings (SSSR count). The maximum atomic E-state index is 12.6. The van der Waals surface area contributed by atoms with Crippen LogP contribution in [0.15, 0.2) is 18.2 Å². The molecule has 0 aliphatic carbocycles. The maximum Gasteiger partial charge on any atom is 0.257 e. The van der Waals surface area contributed by atoms with Crippen LogP contribution < -0.4 is 9.47 Å². The standard InChI is InChI=1S/C15H21NO4/c1-10(17)11-7-8-16(9-11)15(18)12-5-4-6-13(19-2)14(12)20-3/h4-6,10-11,17H,7-9H2,1-3H3. The van der Waals surface area contributed by atoms with E-state index in [1.54, 1.807) is 37.1 Å². The Kier molecular flexibility index (Phi) is 4.49. The number of amides is 1. The quantitative estimate of drug-likeness (QED) is 0.908. The van der Waals surface area contributed by atoms with E-state index in [0.717, 1.165) is 6.42 Å². The van der Waals surface area contributed by atoms with Crippen LogP contribution in [0.3, 0.4) is 0 Å². The molecule has 1 fully saturated rings. The average molecular weight is 279 g/mol. The molecule has 110 valence electrons. The number of nitrogens with zero attached hydrogens (tertiary/aromatic N) is 1. The number of aliphatic hydroxyl groups excluding tert-OH is 1. The first kappa shape index (κ1) is 14.7. The van der Waals surface area contributed by atoms with Gasteiger partial charge in [0.1, 0.15) is 0 Å². The molecule has 1 N–H and O–H groups in total. The number of aliphatic hydroxyl groups is 1. The molecule has 1 amide bonds. The van der Waals surface area contributed by atoms with Crippen molar-refractivity contribution in [2.24, 2.45) is 5.92 Å². The molecule has 5 heteroatoms. The second kappa shape index (κ2) is 6.13. The zero-order chi connectivity index (χ0) is 14.7. The molecule has 2 atom stereocenters. The Morgan fingerprint density at radius 2 is 2.15 bits per heavy atom. The fraction of sp³-hybridized carbons (Fsp3) is 0.533. The van der Waals surface area contributed by atoms with Crippen LogP contribution in [0, 0.1) is 5.92 Å². The summed E-state index contributed by atoms with van der Waals surface area (Å²) in [4.78, 5) is 14.3. The second-order valence-electron chi connectivity index (χ2n) is 5.08. The van der Waals surface area contributed by atoms with Gasteiger partial charge >= 0.3 is 0 Å². The summed E-state index contributed by atoms with van der Waals surface area (Å²) in [7, 11) is 3.07. The Bertz CT molecular complexity index is 487. The van der Waals surface area contributed by atoms with Gasteiger partial charge in [-0.3, -0.25) is 4.79 Å². The predicted molar refractivity (Wildman–Crippen MR) is 75.2 cm³/mol. The van der Waals surface area contributed by atoms with Crippen molar-refractivity contribution in [2.75, 3.05) is 27.3 Å². The van der Waals surface area contributed by atoms with Gasteiger partial charge in [0.25, 0.3) is 5.91 Å². The smallest absolute Gasteiger partial charge is 0.257 e. The first-order chi connectivity index (χ1) is 9.58. The Morgan fingerprint density at radius 3 is 2.70 bits per heavy atom. The number of hydrogen-bond donors (Lipinski definition) is 1. The Morgan fingerprint density at radius 1 is 1.40 bits per heavy atom. The first-order valence-electron chi connectivity index (χ1n) is 6.76. The third-order valence-electron chi connectivity index (χ3n) is 3.83. The summed E-state index contributed by atoms with van der Waals surface area (Å²) in [5.41, 5.74) is 0.498. The van der Waals surface area contributed by atoms with Crippen molar-refractivity contribution in [3.05, 3.63) is 23.8 Å². The van der Waals surface area contributed by atoms with Crippen LogP contribution >= 0.6 is 0 Å². The molecule has 1 aliphatic heterocycles. The lowest BCUT2D eigenvalue weighted by atomic mass is 10.0. The van der Waals surface area contributed by atoms with Gasteiger partial charge in [0, 0.05) is 19.0 Å². The molecule has 20 heavy (non-hydrogen) atoms. The summed E-state index contributed by atoms with van der Waals surface area (Å²) >= 11 is 0. The Hall–Kier alpha value is -1.75. The Labute approximate surface area is 119 Å². The summed E-state index contributed by atoms with van der Waals surface area (Å²) in [6.07, 6.45) is 0.440. The molecule has 1 aromatic carbocycles. The minimum atomic E-state index is -0.389. The lowest BCUT2D eigenvalue weighted by molar-refractivity contribution is 0.0758. The van der Waals surface area contributed by atoms with E-state index < -0.39 is 0 Å². The number of ether oxygens (including phenoxy) is 2. The second-order valence-corrected chi connectivity index (χ2v) is 5.08. The van der Waals surface area contributed by atoms with Gasteiger partial charge in [-0.25, -0.2) is 0 Å². The SMILES string of the molecule is COc1cccc(C(=O)N2CCC(C(C)O)C2)c1OC. The van der Waals surface area contributed by atoms with Crippen molar-refractivity contribution in [2.45, 2.75) is 19.4 Å². The number of methoxy groups -OCH3 is 2. The van der Waals surface area contributed by atoms with E-state index in [1.807, 2.05) is 0 Å². The van der Waals surface area contributed by atoms with Gasteiger partial charge in [0.15, 0.2) is 11.5 Å². The summed E-state index contributed by atoms with van der Waals surface area (Å²) in [5, 5.41) is 9.62. The molecular weight excluding hydrogens is 258 g/mol. The van der Waals surface area contributed by atoms with Crippen LogP contribution in [-0.4, -0.2) is 49.3 Å². The fourth-order valence-electron chi connectivity index (χ4n) is 2.59. The van der Waals surface area contributed by atoms with E-state index in [0.29, 0.717) is 30.2 Å². The van der Waals surface area contributed by atoms with Gasteiger partial charge in [-0.15, -0.1) is 0 Å². The van der Waals surface area contributed by atoms with Crippen molar-refractivity contribution < 1.29 is 19.4 Å². The molecule has 0 aromatic heterocycles. The molecular formula is C15H21NO4. The molecule has 0 bridgehead atoms. The van der Waals surface area contributed by atoms with Crippen LogP contribution in [0.4, 0.5) is 0 Å². The summed E-state index contributed by atoms with van der Waals surface area (Å²) in [5.74, 6) is 1.07. The highest BCUT2D eigenvalue weighted by molar-refractivity contribution is 5.98. The van der Waals surface area contributed by atoms with Crippen LogP contribution in [0.5, 0.6) is 11.5 Å². The highest BCUT2D eigenvalue weighted by atomic mass is 16.5. The highest BCUT2D eigenvalue weighted by Gasteiger charge is 2.31. The van der Waals surface area contributed by atoms with Crippen molar-refractivity contribution in [1.29, 1.82) is 0 Å². The molecule has 1 aromatic rings. The molecule has 5 nitrogen and oxygen atoms in total. The molecule has 1 aliphatic rings. The number of rotatable bonds is 4. The van der Waals surface area contributed by atoms with Gasteiger partial charge in [-0.05, 0) is 25.5 Å². The number of carbonyl (C=O) groups excluding carboxylic acids is 1. The zero-order valence-corrected chi connectivity index (χ0v) is 12.1. The average Bonchev–Trinajstić information content (AvgIpc) is 2.95. The Balaban J connectivity index is 2.22. The minimum absolute atomic E-state index is 0.0797. The van der Waals surface area contributed by atoms with Gasteiger partial charge in [0.2, 0.25) is 0 Å². The van der Waals surface area contributed by atoms with Crippen molar-refractivity contribution >= 4 is 5.91 Å². The van der Waals surface area contributed by atoms with E-state index in [-0.39, 0.29) is 17.9 Å². The topological polar surface area (TPSA) is 59.0 Å². The lowest BCUT2D eigenvalue weighted by Crippen LogP contribution is -2.30.